The Bertz CT molecular complexity index is 690. The number of aromatic nitrogens is 1. The fraction of sp³-hybridized carbons (Fsp3) is 0.316. The molecular formula is C19H22FN3O2. The smallest absolute Gasteiger partial charge is 0.222 e. The second-order valence-electron chi connectivity index (χ2n) is 5.73. The zero-order valence-corrected chi connectivity index (χ0v) is 14.2. The SMILES string of the molecule is CC(=O)N(CCC(=O)NCc1ccccn1)CCc1ccc(F)cc1. The van der Waals surface area contributed by atoms with E-state index in [0.717, 1.165) is 11.3 Å². The Balaban J connectivity index is 1.75. The Morgan fingerprint density at radius 3 is 2.52 bits per heavy atom. The summed E-state index contributed by atoms with van der Waals surface area (Å²) >= 11 is 0. The molecule has 0 fully saturated rings. The van der Waals surface area contributed by atoms with Crippen LogP contribution in [0.15, 0.2) is 48.7 Å². The third-order valence-electron chi connectivity index (χ3n) is 3.83. The number of carbonyl (C=O) groups excluding carboxylic acids is 2. The average Bonchev–Trinajstić information content (AvgIpc) is 2.62. The molecule has 0 spiro atoms. The lowest BCUT2D eigenvalue weighted by molar-refractivity contribution is -0.129. The van der Waals surface area contributed by atoms with Gasteiger partial charge in [-0.1, -0.05) is 18.2 Å². The van der Waals surface area contributed by atoms with Crippen LogP contribution in [0.1, 0.15) is 24.6 Å². The lowest BCUT2D eigenvalue weighted by atomic mass is 10.1. The van der Waals surface area contributed by atoms with Crippen molar-refractivity contribution in [2.45, 2.75) is 26.3 Å². The predicted molar refractivity (Wildman–Crippen MR) is 93.1 cm³/mol. The van der Waals surface area contributed by atoms with Crippen LogP contribution in [0.25, 0.3) is 0 Å². The molecule has 1 aromatic carbocycles. The van der Waals surface area contributed by atoms with E-state index in [4.69, 9.17) is 0 Å². The Labute approximate surface area is 146 Å². The molecule has 25 heavy (non-hydrogen) atoms. The van der Waals surface area contributed by atoms with Crippen LogP contribution < -0.4 is 5.32 Å². The van der Waals surface area contributed by atoms with E-state index >= 15 is 0 Å². The summed E-state index contributed by atoms with van der Waals surface area (Å²) in [5, 5.41) is 2.79. The number of nitrogens with one attached hydrogen (secondary N) is 1. The fourth-order valence-electron chi connectivity index (χ4n) is 2.36. The topological polar surface area (TPSA) is 62.3 Å². The van der Waals surface area contributed by atoms with E-state index in [1.54, 1.807) is 23.2 Å². The Hall–Kier alpha value is -2.76. The molecule has 0 saturated heterocycles. The molecule has 132 valence electrons. The molecular weight excluding hydrogens is 321 g/mol. The number of halogens is 1. The van der Waals surface area contributed by atoms with Gasteiger partial charge in [-0.15, -0.1) is 0 Å². The molecule has 0 aliphatic carbocycles. The van der Waals surface area contributed by atoms with Crippen molar-refractivity contribution in [2.75, 3.05) is 13.1 Å². The highest BCUT2D eigenvalue weighted by atomic mass is 19.1. The molecule has 0 unspecified atom stereocenters. The molecule has 1 aromatic heterocycles. The van der Waals surface area contributed by atoms with Crippen LogP contribution in [-0.4, -0.2) is 34.8 Å². The normalized spacial score (nSPS) is 10.3. The second kappa shape index (κ2) is 9.52. The van der Waals surface area contributed by atoms with Crippen molar-refractivity contribution in [1.82, 2.24) is 15.2 Å². The number of hydrogen-bond donors (Lipinski definition) is 1. The second-order valence-corrected chi connectivity index (χ2v) is 5.73. The quantitative estimate of drug-likeness (QED) is 0.800. The predicted octanol–water partition coefficient (Wildman–Crippen LogP) is 2.32. The molecule has 6 heteroatoms. The van der Waals surface area contributed by atoms with Gasteiger partial charge in [-0.2, -0.15) is 0 Å². The van der Waals surface area contributed by atoms with Crippen molar-refractivity contribution in [3.8, 4) is 0 Å². The van der Waals surface area contributed by atoms with E-state index < -0.39 is 0 Å². The van der Waals surface area contributed by atoms with Crippen LogP contribution in [0.3, 0.4) is 0 Å². The number of pyridine rings is 1. The van der Waals surface area contributed by atoms with E-state index in [1.165, 1.54) is 19.1 Å². The van der Waals surface area contributed by atoms with Gasteiger partial charge in [-0.3, -0.25) is 14.6 Å². The van der Waals surface area contributed by atoms with Crippen LogP contribution in [0.5, 0.6) is 0 Å². The minimum absolute atomic E-state index is 0.0837. The highest BCUT2D eigenvalue weighted by Crippen LogP contribution is 2.05. The lowest BCUT2D eigenvalue weighted by Crippen LogP contribution is -2.35. The first kappa shape index (κ1) is 18.6. The molecule has 2 amide bonds. The van der Waals surface area contributed by atoms with Gasteiger partial charge in [-0.05, 0) is 36.2 Å². The van der Waals surface area contributed by atoms with Crippen LogP contribution in [0.2, 0.25) is 0 Å². The van der Waals surface area contributed by atoms with Gasteiger partial charge >= 0.3 is 0 Å². The third-order valence-corrected chi connectivity index (χ3v) is 3.83. The number of benzene rings is 1. The summed E-state index contributed by atoms with van der Waals surface area (Å²) in [6.07, 6.45) is 2.53. The molecule has 0 atom stereocenters. The summed E-state index contributed by atoms with van der Waals surface area (Å²) in [7, 11) is 0. The summed E-state index contributed by atoms with van der Waals surface area (Å²) in [5.74, 6) is -0.491. The largest absolute Gasteiger partial charge is 0.350 e. The molecule has 0 saturated carbocycles. The van der Waals surface area contributed by atoms with Crippen molar-refractivity contribution in [1.29, 1.82) is 0 Å². The molecule has 5 nitrogen and oxygen atoms in total. The number of rotatable bonds is 8. The van der Waals surface area contributed by atoms with Gasteiger partial charge in [0.1, 0.15) is 5.82 Å². The maximum Gasteiger partial charge on any atom is 0.222 e. The standard InChI is InChI=1S/C19H22FN3O2/c1-15(24)23(12-9-16-5-7-17(20)8-6-16)13-10-19(25)22-14-18-4-2-3-11-21-18/h2-8,11H,9-10,12-14H2,1H3,(H,22,25). The molecule has 0 aliphatic heterocycles. The van der Waals surface area contributed by atoms with Gasteiger partial charge < -0.3 is 10.2 Å². The first-order valence-electron chi connectivity index (χ1n) is 8.21. The number of nitrogens with zero attached hydrogens (tertiary/aromatic N) is 2. The Morgan fingerprint density at radius 1 is 1.12 bits per heavy atom. The lowest BCUT2D eigenvalue weighted by Gasteiger charge is -2.20. The van der Waals surface area contributed by atoms with Crippen LogP contribution in [0.4, 0.5) is 4.39 Å². The van der Waals surface area contributed by atoms with Gasteiger partial charge in [0.25, 0.3) is 0 Å². The van der Waals surface area contributed by atoms with E-state index in [0.29, 0.717) is 26.1 Å². The zero-order valence-electron chi connectivity index (χ0n) is 14.2. The van der Waals surface area contributed by atoms with Crippen molar-refractivity contribution >= 4 is 11.8 Å². The molecule has 2 rings (SSSR count). The molecule has 1 heterocycles. The first-order chi connectivity index (χ1) is 12.0. The third kappa shape index (κ3) is 6.71. The Kier molecular flexibility index (Phi) is 7.07. The summed E-state index contributed by atoms with van der Waals surface area (Å²) in [6.45, 7) is 2.70. The molecule has 2 aromatic rings. The monoisotopic (exact) mass is 343 g/mol. The molecule has 0 aliphatic rings. The maximum absolute atomic E-state index is 12.9. The van der Waals surface area contributed by atoms with Crippen molar-refractivity contribution in [2.24, 2.45) is 0 Å². The average molecular weight is 343 g/mol. The van der Waals surface area contributed by atoms with Crippen molar-refractivity contribution < 1.29 is 14.0 Å². The molecule has 0 bridgehead atoms. The van der Waals surface area contributed by atoms with Crippen molar-refractivity contribution in [3.63, 3.8) is 0 Å². The number of hydrogen-bond acceptors (Lipinski definition) is 3. The number of carbonyl (C=O) groups is 2. The maximum atomic E-state index is 12.9. The highest BCUT2D eigenvalue weighted by Gasteiger charge is 2.11. The minimum Gasteiger partial charge on any atom is -0.350 e. The van der Waals surface area contributed by atoms with E-state index in [1.807, 2.05) is 18.2 Å². The highest BCUT2D eigenvalue weighted by molar-refractivity contribution is 5.78. The van der Waals surface area contributed by atoms with Crippen LogP contribution in [0, 0.1) is 5.82 Å². The van der Waals surface area contributed by atoms with E-state index in [-0.39, 0.29) is 24.1 Å². The van der Waals surface area contributed by atoms with Crippen molar-refractivity contribution in [3.05, 3.63) is 65.7 Å². The van der Waals surface area contributed by atoms with Gasteiger partial charge in [-0.25, -0.2) is 4.39 Å². The van der Waals surface area contributed by atoms with Crippen LogP contribution >= 0.6 is 0 Å². The number of amides is 2. The van der Waals surface area contributed by atoms with E-state index in [2.05, 4.69) is 10.3 Å². The van der Waals surface area contributed by atoms with Gasteiger partial charge in [0.2, 0.25) is 11.8 Å². The van der Waals surface area contributed by atoms with E-state index in [9.17, 15) is 14.0 Å². The van der Waals surface area contributed by atoms with Gasteiger partial charge in [0, 0.05) is 32.6 Å². The fourth-order valence-corrected chi connectivity index (χ4v) is 2.36. The summed E-state index contributed by atoms with van der Waals surface area (Å²) < 4.78 is 12.9. The minimum atomic E-state index is -0.281. The first-order valence-corrected chi connectivity index (χ1v) is 8.21. The zero-order chi connectivity index (χ0) is 18.1. The summed E-state index contributed by atoms with van der Waals surface area (Å²) in [5.41, 5.74) is 1.74. The summed E-state index contributed by atoms with van der Waals surface area (Å²) in [6, 6.07) is 11.7. The molecule has 1 N–H and O–H groups in total. The van der Waals surface area contributed by atoms with Crippen LogP contribution in [-0.2, 0) is 22.6 Å². The van der Waals surface area contributed by atoms with Gasteiger partial charge in [0.15, 0.2) is 0 Å². The van der Waals surface area contributed by atoms with Gasteiger partial charge in [0.05, 0.1) is 12.2 Å². The molecule has 0 radical (unpaired) electrons. The summed E-state index contributed by atoms with van der Waals surface area (Å²) in [4.78, 5) is 29.4. The Morgan fingerprint density at radius 2 is 1.88 bits per heavy atom.